The highest BCUT2D eigenvalue weighted by molar-refractivity contribution is 7.15. The number of aromatic nitrogens is 1. The highest BCUT2D eigenvalue weighted by Gasteiger charge is 2.18. The van der Waals surface area contributed by atoms with Gasteiger partial charge in [0, 0.05) is 37.1 Å². The number of benzene rings is 1. The molecule has 0 saturated carbocycles. The number of fused-ring (bicyclic) bond motifs is 1. The molecule has 1 aliphatic rings. The standard InChI is InChI=1S/C19H21N5O2S/c1-24-9-7-16-17(12-24)27-19(23-16)22-11-14(10-20)18(26)21-8-6-13-2-4-15(25)5-3-13/h2-5,11,25H,6-9,12H2,1H3,(H,21,26)(H,22,23)/b14-11-. The first-order chi connectivity index (χ1) is 13.0. The maximum Gasteiger partial charge on any atom is 0.263 e. The van der Waals surface area contributed by atoms with Crippen molar-refractivity contribution >= 4 is 22.4 Å². The fraction of sp³-hybridized carbons (Fsp3) is 0.316. The Balaban J connectivity index is 1.53. The largest absolute Gasteiger partial charge is 0.508 e. The lowest BCUT2D eigenvalue weighted by atomic mass is 10.1. The van der Waals surface area contributed by atoms with E-state index in [0.29, 0.717) is 18.1 Å². The van der Waals surface area contributed by atoms with Crippen molar-refractivity contribution in [2.75, 3.05) is 25.5 Å². The lowest BCUT2D eigenvalue weighted by Gasteiger charge is -2.20. The summed E-state index contributed by atoms with van der Waals surface area (Å²) in [6, 6.07) is 8.72. The number of nitrogens with zero attached hydrogens (tertiary/aromatic N) is 3. The Morgan fingerprint density at radius 3 is 2.96 bits per heavy atom. The van der Waals surface area contributed by atoms with Crippen molar-refractivity contribution in [1.82, 2.24) is 15.2 Å². The zero-order valence-corrected chi connectivity index (χ0v) is 15.8. The molecule has 7 nitrogen and oxygen atoms in total. The summed E-state index contributed by atoms with van der Waals surface area (Å²) >= 11 is 1.55. The summed E-state index contributed by atoms with van der Waals surface area (Å²) < 4.78 is 0. The van der Waals surface area contributed by atoms with Gasteiger partial charge in [0.25, 0.3) is 5.91 Å². The van der Waals surface area contributed by atoms with Gasteiger partial charge in [-0.2, -0.15) is 5.26 Å². The Labute approximate surface area is 162 Å². The van der Waals surface area contributed by atoms with Crippen LogP contribution in [0.3, 0.4) is 0 Å². The second-order valence-electron chi connectivity index (χ2n) is 6.36. The Morgan fingerprint density at radius 2 is 2.22 bits per heavy atom. The van der Waals surface area contributed by atoms with E-state index < -0.39 is 5.91 Å². The fourth-order valence-corrected chi connectivity index (χ4v) is 3.80. The minimum atomic E-state index is -0.426. The molecule has 3 N–H and O–H groups in total. The number of nitriles is 1. The van der Waals surface area contributed by atoms with E-state index in [0.717, 1.165) is 30.8 Å². The second-order valence-corrected chi connectivity index (χ2v) is 7.45. The molecular formula is C19H21N5O2S. The SMILES string of the molecule is CN1CCc2nc(N/C=C(/C#N)C(=O)NCCc3ccc(O)cc3)sc2C1. The molecular weight excluding hydrogens is 362 g/mol. The number of nitrogens with one attached hydrogen (secondary N) is 2. The van der Waals surface area contributed by atoms with Crippen LogP contribution in [0.25, 0.3) is 0 Å². The summed E-state index contributed by atoms with van der Waals surface area (Å²) in [7, 11) is 2.08. The zero-order chi connectivity index (χ0) is 19.2. The van der Waals surface area contributed by atoms with Gasteiger partial charge in [-0.05, 0) is 31.2 Å². The molecule has 0 aliphatic carbocycles. The summed E-state index contributed by atoms with van der Waals surface area (Å²) in [5.41, 5.74) is 2.09. The average molecular weight is 383 g/mol. The molecule has 8 heteroatoms. The topological polar surface area (TPSA) is 101 Å². The van der Waals surface area contributed by atoms with Crippen LogP contribution >= 0.6 is 11.3 Å². The molecule has 1 aliphatic heterocycles. The maximum atomic E-state index is 12.2. The number of anilines is 1. The van der Waals surface area contributed by atoms with Crippen LogP contribution in [0.2, 0.25) is 0 Å². The molecule has 2 aromatic rings. The van der Waals surface area contributed by atoms with E-state index >= 15 is 0 Å². The number of hydrogen-bond acceptors (Lipinski definition) is 7. The van der Waals surface area contributed by atoms with Crippen molar-refractivity contribution in [3.8, 4) is 11.8 Å². The molecule has 0 bridgehead atoms. The predicted octanol–water partition coefficient (Wildman–Crippen LogP) is 2.01. The summed E-state index contributed by atoms with van der Waals surface area (Å²) in [5, 5.41) is 24.9. The number of carbonyl (C=O) groups excluding carboxylic acids is 1. The number of aromatic hydroxyl groups is 1. The van der Waals surface area contributed by atoms with E-state index in [-0.39, 0.29) is 11.3 Å². The third kappa shape index (κ3) is 5.06. The third-order valence-corrected chi connectivity index (χ3v) is 5.28. The number of phenolic OH excluding ortho intramolecular Hbond substituents is 1. The molecule has 0 atom stereocenters. The van der Waals surface area contributed by atoms with Crippen molar-refractivity contribution in [3.63, 3.8) is 0 Å². The van der Waals surface area contributed by atoms with Crippen LogP contribution in [0.15, 0.2) is 36.0 Å². The van der Waals surface area contributed by atoms with Crippen LogP contribution in [0, 0.1) is 11.3 Å². The van der Waals surface area contributed by atoms with Gasteiger partial charge in [0.15, 0.2) is 5.13 Å². The summed E-state index contributed by atoms with van der Waals surface area (Å²) in [6.07, 6.45) is 2.94. The summed E-state index contributed by atoms with van der Waals surface area (Å²) in [5.74, 6) is -0.219. The van der Waals surface area contributed by atoms with E-state index in [9.17, 15) is 15.2 Å². The number of amides is 1. The molecule has 27 heavy (non-hydrogen) atoms. The molecule has 0 radical (unpaired) electrons. The number of phenols is 1. The normalized spacial score (nSPS) is 14.3. The van der Waals surface area contributed by atoms with Crippen LogP contribution in [0.5, 0.6) is 5.75 Å². The Kier molecular flexibility index (Phi) is 6.06. The van der Waals surface area contributed by atoms with Crippen LogP contribution in [-0.4, -0.2) is 41.0 Å². The van der Waals surface area contributed by atoms with Crippen molar-refractivity contribution in [2.24, 2.45) is 0 Å². The van der Waals surface area contributed by atoms with Crippen molar-refractivity contribution < 1.29 is 9.90 Å². The molecule has 0 spiro atoms. The Hall–Kier alpha value is -2.89. The molecule has 1 aromatic heterocycles. The predicted molar refractivity (Wildman–Crippen MR) is 104 cm³/mol. The number of carbonyl (C=O) groups is 1. The average Bonchev–Trinajstić information content (AvgIpc) is 3.05. The van der Waals surface area contributed by atoms with E-state index in [4.69, 9.17) is 0 Å². The van der Waals surface area contributed by atoms with Crippen LogP contribution in [0.4, 0.5) is 5.13 Å². The van der Waals surface area contributed by atoms with Crippen LogP contribution in [0.1, 0.15) is 16.1 Å². The first-order valence-corrected chi connectivity index (χ1v) is 9.47. The third-order valence-electron chi connectivity index (χ3n) is 4.26. The quantitative estimate of drug-likeness (QED) is 0.521. The highest BCUT2D eigenvalue weighted by atomic mass is 32.1. The number of likely N-dealkylation sites (N-methyl/N-ethyl adjacent to an activating group) is 1. The van der Waals surface area contributed by atoms with E-state index in [1.54, 1.807) is 35.6 Å². The summed E-state index contributed by atoms with van der Waals surface area (Å²) in [6.45, 7) is 2.26. The van der Waals surface area contributed by atoms with Crippen LogP contribution < -0.4 is 10.6 Å². The molecule has 1 aromatic carbocycles. The molecule has 0 unspecified atom stereocenters. The van der Waals surface area contributed by atoms with Gasteiger partial charge in [0.2, 0.25) is 0 Å². The van der Waals surface area contributed by atoms with E-state index in [2.05, 4.69) is 27.6 Å². The first-order valence-electron chi connectivity index (χ1n) is 8.65. The van der Waals surface area contributed by atoms with Gasteiger partial charge in [0.05, 0.1) is 5.69 Å². The van der Waals surface area contributed by atoms with Crippen LogP contribution in [-0.2, 0) is 24.2 Å². The van der Waals surface area contributed by atoms with Crippen molar-refractivity contribution in [3.05, 3.63) is 52.2 Å². The minimum absolute atomic E-state index is 0.00555. The molecule has 1 amide bonds. The minimum Gasteiger partial charge on any atom is -0.508 e. The zero-order valence-electron chi connectivity index (χ0n) is 15.0. The van der Waals surface area contributed by atoms with Gasteiger partial charge in [-0.3, -0.25) is 4.79 Å². The molecule has 140 valence electrons. The fourth-order valence-electron chi connectivity index (χ4n) is 2.75. The van der Waals surface area contributed by atoms with E-state index in [1.165, 1.54) is 11.1 Å². The number of thiazole rings is 1. The second kappa shape index (κ2) is 8.66. The molecule has 0 fully saturated rings. The maximum absolute atomic E-state index is 12.2. The monoisotopic (exact) mass is 383 g/mol. The Morgan fingerprint density at radius 1 is 1.44 bits per heavy atom. The smallest absolute Gasteiger partial charge is 0.263 e. The molecule has 0 saturated heterocycles. The van der Waals surface area contributed by atoms with Gasteiger partial charge < -0.3 is 20.6 Å². The van der Waals surface area contributed by atoms with E-state index in [1.807, 2.05) is 6.07 Å². The number of hydrogen-bond donors (Lipinski definition) is 3. The molecule has 2 heterocycles. The van der Waals surface area contributed by atoms with Crippen molar-refractivity contribution in [1.29, 1.82) is 5.26 Å². The van der Waals surface area contributed by atoms with Gasteiger partial charge >= 0.3 is 0 Å². The lowest BCUT2D eigenvalue weighted by Crippen LogP contribution is -2.27. The molecule has 3 rings (SSSR count). The number of rotatable bonds is 6. The van der Waals surface area contributed by atoms with Gasteiger partial charge in [0.1, 0.15) is 17.4 Å². The lowest BCUT2D eigenvalue weighted by molar-refractivity contribution is -0.117. The Bertz CT molecular complexity index is 882. The summed E-state index contributed by atoms with van der Waals surface area (Å²) in [4.78, 5) is 20.2. The van der Waals surface area contributed by atoms with Crippen molar-refractivity contribution in [2.45, 2.75) is 19.4 Å². The highest BCUT2D eigenvalue weighted by Crippen LogP contribution is 2.27. The first kappa shape index (κ1) is 18.9. The van der Waals surface area contributed by atoms with Gasteiger partial charge in [-0.1, -0.05) is 12.1 Å². The van der Waals surface area contributed by atoms with Gasteiger partial charge in [-0.25, -0.2) is 4.98 Å². The van der Waals surface area contributed by atoms with Gasteiger partial charge in [-0.15, -0.1) is 11.3 Å².